The molecule has 10 heteroatoms. The average molecular weight is 570 g/mol. The van der Waals surface area contributed by atoms with Crippen LogP contribution in [0.25, 0.3) is 33.3 Å². The van der Waals surface area contributed by atoms with Gasteiger partial charge in [0.1, 0.15) is 11.9 Å². The zero-order valence-corrected chi connectivity index (χ0v) is 23.0. The van der Waals surface area contributed by atoms with Crippen molar-refractivity contribution in [2.75, 3.05) is 25.1 Å². The molecular weight excluding hydrogens is 545 g/mol. The van der Waals surface area contributed by atoms with Gasteiger partial charge in [-0.05, 0) is 55.5 Å². The normalized spacial score (nSPS) is 13.7. The molecular formula is C31H24FN3O5S. The fourth-order valence-electron chi connectivity index (χ4n) is 5.28. The van der Waals surface area contributed by atoms with Crippen LogP contribution in [0.15, 0.2) is 88.4 Å². The number of carbonyl (C=O) groups excluding carboxylic acids is 1. The van der Waals surface area contributed by atoms with Crippen LogP contribution in [-0.4, -0.2) is 38.6 Å². The second-order valence-electron chi connectivity index (χ2n) is 9.92. The summed E-state index contributed by atoms with van der Waals surface area (Å²) in [6.07, 6.45) is 1.35. The number of hydrogen-bond donors (Lipinski definition) is 0. The van der Waals surface area contributed by atoms with Gasteiger partial charge in [0.05, 0.1) is 35.4 Å². The fourth-order valence-corrected chi connectivity index (χ4v) is 6.83. The van der Waals surface area contributed by atoms with E-state index in [0.29, 0.717) is 35.2 Å². The van der Waals surface area contributed by atoms with E-state index in [4.69, 9.17) is 9.15 Å². The largest absolute Gasteiger partial charge is 0.469 e. The third kappa shape index (κ3) is 4.35. The van der Waals surface area contributed by atoms with E-state index in [1.165, 1.54) is 47.7 Å². The highest BCUT2D eigenvalue weighted by molar-refractivity contribution is 7.90. The van der Waals surface area contributed by atoms with Crippen molar-refractivity contribution in [3.63, 3.8) is 0 Å². The van der Waals surface area contributed by atoms with E-state index in [2.05, 4.69) is 0 Å². The Balaban J connectivity index is 1.64. The highest BCUT2D eigenvalue weighted by Gasteiger charge is 2.35. The minimum atomic E-state index is -4.21. The molecule has 1 aliphatic rings. The molecule has 6 rings (SSSR count). The van der Waals surface area contributed by atoms with Crippen LogP contribution in [0, 0.1) is 30.0 Å². The van der Waals surface area contributed by atoms with Crippen molar-refractivity contribution in [1.82, 2.24) is 3.97 Å². The Bertz CT molecular complexity index is 1960. The number of fused-ring (bicyclic) bond motifs is 1. The number of nitriles is 1. The Morgan fingerprint density at radius 1 is 1.07 bits per heavy atom. The lowest BCUT2D eigenvalue weighted by molar-refractivity contribution is -0.146. The first-order valence-electron chi connectivity index (χ1n) is 12.8. The van der Waals surface area contributed by atoms with Gasteiger partial charge < -0.3 is 14.1 Å². The second kappa shape index (κ2) is 9.94. The van der Waals surface area contributed by atoms with Gasteiger partial charge in [0.15, 0.2) is 0 Å². The van der Waals surface area contributed by atoms with E-state index in [1.807, 2.05) is 30.0 Å². The number of aryl methyl sites for hydroxylation is 1. The Kier molecular flexibility index (Phi) is 6.39. The molecule has 206 valence electrons. The second-order valence-corrected chi connectivity index (χ2v) is 11.7. The van der Waals surface area contributed by atoms with Crippen molar-refractivity contribution in [1.29, 1.82) is 5.26 Å². The molecule has 41 heavy (non-hydrogen) atoms. The molecule has 0 N–H and O–H groups in total. The number of anilines is 1. The molecule has 0 atom stereocenters. The summed E-state index contributed by atoms with van der Waals surface area (Å²) in [5.41, 5.74) is 3.41. The van der Waals surface area contributed by atoms with Crippen LogP contribution in [0.2, 0.25) is 0 Å². The van der Waals surface area contributed by atoms with Crippen LogP contribution in [-0.2, 0) is 19.6 Å². The quantitative estimate of drug-likeness (QED) is 0.240. The average Bonchev–Trinajstić information content (AvgIpc) is 3.54. The number of furan rings is 1. The number of nitrogens with zero attached hydrogens (tertiary/aromatic N) is 3. The van der Waals surface area contributed by atoms with Crippen LogP contribution in [0.3, 0.4) is 0 Å². The SMILES string of the molecule is COC(=O)C1CN(c2cccc(-c3c(-c4ccoc4C#N)c4cc(F)ccc4n3S(=O)(=O)c3ccc(C)cc3)c2)C1. The van der Waals surface area contributed by atoms with Gasteiger partial charge in [0.2, 0.25) is 5.76 Å². The Morgan fingerprint density at radius 3 is 2.54 bits per heavy atom. The van der Waals surface area contributed by atoms with Crippen LogP contribution in [0.1, 0.15) is 11.3 Å². The molecule has 1 fully saturated rings. The molecule has 1 saturated heterocycles. The first-order chi connectivity index (χ1) is 19.7. The number of carbonyl (C=O) groups is 1. The first-order valence-corrected chi connectivity index (χ1v) is 14.2. The van der Waals surface area contributed by atoms with Crippen molar-refractivity contribution >= 4 is 32.6 Å². The Labute approximate surface area is 235 Å². The summed E-state index contributed by atoms with van der Waals surface area (Å²) in [5, 5.41) is 10.1. The van der Waals surface area contributed by atoms with Crippen LogP contribution < -0.4 is 4.90 Å². The van der Waals surface area contributed by atoms with E-state index in [-0.39, 0.29) is 33.8 Å². The lowest BCUT2D eigenvalue weighted by atomic mass is 9.96. The predicted molar refractivity (Wildman–Crippen MR) is 151 cm³/mol. The first kappa shape index (κ1) is 26.3. The Morgan fingerprint density at radius 2 is 1.83 bits per heavy atom. The van der Waals surface area contributed by atoms with E-state index in [9.17, 15) is 22.9 Å². The molecule has 0 saturated carbocycles. The van der Waals surface area contributed by atoms with Gasteiger partial charge in [-0.15, -0.1) is 0 Å². The number of esters is 1. The maximum Gasteiger partial charge on any atom is 0.312 e. The molecule has 3 heterocycles. The molecule has 8 nitrogen and oxygen atoms in total. The number of rotatable bonds is 6. The standard InChI is InChI=1S/C31H24FN3O5S/c1-19-6-9-24(10-7-19)41(37,38)35-27-11-8-22(32)15-26(27)29(25-12-13-40-28(25)16-33)30(35)20-4-3-5-23(14-20)34-17-21(18-34)31(36)39-2/h3-15,21H,17-18H2,1-2H3. The smallest absolute Gasteiger partial charge is 0.312 e. The van der Waals surface area contributed by atoms with E-state index < -0.39 is 15.8 Å². The molecule has 5 aromatic rings. The van der Waals surface area contributed by atoms with E-state index in [1.54, 1.807) is 30.3 Å². The summed E-state index contributed by atoms with van der Waals surface area (Å²) in [6.45, 7) is 2.78. The maximum atomic E-state index is 14.7. The zero-order chi connectivity index (χ0) is 28.9. The van der Waals surface area contributed by atoms with Gasteiger partial charge in [-0.3, -0.25) is 4.79 Å². The third-order valence-electron chi connectivity index (χ3n) is 7.38. The summed E-state index contributed by atoms with van der Waals surface area (Å²) in [7, 11) is -2.85. The van der Waals surface area contributed by atoms with E-state index in [0.717, 1.165) is 11.3 Å². The minimum absolute atomic E-state index is 0.0258. The van der Waals surface area contributed by atoms with Crippen LogP contribution in [0.4, 0.5) is 10.1 Å². The van der Waals surface area contributed by atoms with Gasteiger partial charge in [-0.1, -0.05) is 29.8 Å². The van der Waals surface area contributed by atoms with Crippen LogP contribution in [0.5, 0.6) is 0 Å². The summed E-state index contributed by atoms with van der Waals surface area (Å²) in [5.74, 6) is -1.11. The van der Waals surface area contributed by atoms with Gasteiger partial charge >= 0.3 is 5.97 Å². The predicted octanol–water partition coefficient (Wildman–Crippen LogP) is 5.73. The van der Waals surface area contributed by atoms with Crippen LogP contribution >= 0.6 is 0 Å². The molecule has 0 radical (unpaired) electrons. The molecule has 0 unspecified atom stereocenters. The van der Waals surface area contributed by atoms with Crippen molar-refractivity contribution in [3.05, 3.63) is 96.2 Å². The number of halogens is 1. The zero-order valence-electron chi connectivity index (χ0n) is 22.2. The third-order valence-corrected chi connectivity index (χ3v) is 9.11. The maximum absolute atomic E-state index is 14.7. The molecule has 0 bridgehead atoms. The summed E-state index contributed by atoms with van der Waals surface area (Å²) >= 11 is 0. The number of aromatic nitrogens is 1. The number of ether oxygens (including phenoxy) is 1. The summed E-state index contributed by atoms with van der Waals surface area (Å²) in [4.78, 5) is 14.0. The van der Waals surface area contributed by atoms with Gasteiger partial charge in [-0.2, -0.15) is 5.26 Å². The van der Waals surface area contributed by atoms with Gasteiger partial charge in [0.25, 0.3) is 10.0 Å². The van der Waals surface area contributed by atoms with Crippen molar-refractivity contribution in [2.24, 2.45) is 5.92 Å². The molecule has 0 aliphatic carbocycles. The number of methoxy groups -OCH3 is 1. The van der Waals surface area contributed by atoms with Crippen molar-refractivity contribution in [2.45, 2.75) is 11.8 Å². The summed E-state index contributed by atoms with van der Waals surface area (Å²) < 4.78 is 54.8. The van der Waals surface area contributed by atoms with E-state index >= 15 is 0 Å². The topological polar surface area (TPSA) is 106 Å². The van der Waals surface area contributed by atoms with Gasteiger partial charge in [0, 0.05) is 40.9 Å². The highest BCUT2D eigenvalue weighted by Crippen LogP contribution is 2.45. The number of hydrogen-bond acceptors (Lipinski definition) is 7. The molecule has 2 aromatic heterocycles. The molecule has 0 amide bonds. The van der Waals surface area contributed by atoms with Crippen molar-refractivity contribution < 1.29 is 26.8 Å². The molecule has 0 spiro atoms. The Hall–Kier alpha value is -4.88. The minimum Gasteiger partial charge on any atom is -0.469 e. The molecule has 1 aliphatic heterocycles. The monoisotopic (exact) mass is 569 g/mol. The van der Waals surface area contributed by atoms with Crippen molar-refractivity contribution in [3.8, 4) is 28.5 Å². The lowest BCUT2D eigenvalue weighted by Crippen LogP contribution is -2.50. The lowest BCUT2D eigenvalue weighted by Gasteiger charge is -2.39. The fraction of sp³-hybridized carbons (Fsp3) is 0.161. The highest BCUT2D eigenvalue weighted by atomic mass is 32.2. The number of benzene rings is 3. The molecule has 3 aromatic carbocycles. The van der Waals surface area contributed by atoms with Gasteiger partial charge in [-0.25, -0.2) is 16.8 Å². The summed E-state index contributed by atoms with van der Waals surface area (Å²) in [6, 6.07) is 21.2.